The van der Waals surface area contributed by atoms with E-state index in [1.165, 1.54) is 21.9 Å². The van der Waals surface area contributed by atoms with Gasteiger partial charge in [0.2, 0.25) is 5.52 Å². The highest BCUT2D eigenvalue weighted by Crippen LogP contribution is 2.23. The molecule has 0 unspecified atom stereocenters. The lowest BCUT2D eigenvalue weighted by Gasteiger charge is -2.17. The van der Waals surface area contributed by atoms with Crippen molar-refractivity contribution in [3.63, 3.8) is 0 Å². The normalized spacial score (nSPS) is 11.3. The quantitative estimate of drug-likeness (QED) is 0.382. The van der Waals surface area contributed by atoms with Gasteiger partial charge < -0.3 is 0 Å². The van der Waals surface area contributed by atoms with E-state index in [1.54, 1.807) is 0 Å². The minimum absolute atomic E-state index is 0.788. The van der Waals surface area contributed by atoms with Gasteiger partial charge in [-0.25, -0.2) is 18.6 Å². The van der Waals surface area contributed by atoms with Crippen LogP contribution in [0.3, 0.4) is 0 Å². The molecule has 0 aliphatic heterocycles. The second-order valence-corrected chi connectivity index (χ2v) is 5.55. The zero-order valence-electron chi connectivity index (χ0n) is 11.0. The summed E-state index contributed by atoms with van der Waals surface area (Å²) in [5.74, 6) is 0. The van der Waals surface area contributed by atoms with Crippen molar-refractivity contribution >= 4 is 27.9 Å². The number of halogens is 2. The topological polar surface area (TPSA) is 96.3 Å². The predicted molar refractivity (Wildman–Crippen MR) is 66.9 cm³/mol. The largest absolute Gasteiger partial charge is 0.222 e. The zero-order valence-corrected chi connectivity index (χ0v) is 12.5. The Labute approximate surface area is 128 Å². The molecule has 0 radical (unpaired) electrons. The van der Waals surface area contributed by atoms with Gasteiger partial charge in [-0.15, -0.1) is 10.2 Å². The highest BCUT2D eigenvalue weighted by atomic mass is 35.7. The summed E-state index contributed by atoms with van der Waals surface area (Å²) in [7, 11) is -4.94. The predicted octanol–water partition coefficient (Wildman–Crippen LogP) is -1.22. The molecule has 0 saturated carbocycles. The Kier molecular flexibility index (Phi) is 4.63. The van der Waals surface area contributed by atoms with Crippen molar-refractivity contribution < 1.29 is 33.3 Å². The molecule has 0 N–H and O–H groups in total. The number of aryl methyl sites for hydroxylation is 1. The van der Waals surface area contributed by atoms with Crippen LogP contribution in [0.1, 0.15) is 5.56 Å². The number of hydrogen-bond donors (Lipinski definition) is 0. The van der Waals surface area contributed by atoms with Crippen LogP contribution in [0, 0.1) is 17.2 Å². The second kappa shape index (κ2) is 6.11. The summed E-state index contributed by atoms with van der Waals surface area (Å²) >= 11 is 6.04. The van der Waals surface area contributed by atoms with Gasteiger partial charge in [0.25, 0.3) is 0 Å². The average molecular weight is 328 g/mol. The molecule has 5 nitrogen and oxygen atoms in total. The molecule has 0 bridgehead atoms. The first-order chi connectivity index (χ1) is 9.75. The lowest BCUT2D eigenvalue weighted by Crippen LogP contribution is -2.68. The summed E-state index contributed by atoms with van der Waals surface area (Å²) in [5.41, 5.74) is 2.48. The van der Waals surface area contributed by atoms with E-state index in [9.17, 15) is 0 Å². The Hall–Kier alpha value is -1.47. The summed E-state index contributed by atoms with van der Waals surface area (Å²) in [6.45, 7) is 2.13. The molecule has 3 aromatic rings. The van der Waals surface area contributed by atoms with Crippen LogP contribution in [-0.4, -0.2) is 0 Å². The number of aromatic nitrogens is 1. The van der Waals surface area contributed by atoms with Crippen LogP contribution in [0.4, 0.5) is 0 Å². The Morgan fingerprint density at radius 2 is 1.71 bits per heavy atom. The standard InChI is InChI=1S/C14H11ClN.ClHO4/c1-10-13-8-12(15)6-5-11(13)9-16-7-3-2-4-14(10)16;2-1(3,4)5/h2-9H,1H3;(H,2,3,4,5)/q+1;/p-1. The smallest absolute Gasteiger partial charge is 0.214 e. The number of benzene rings is 1. The SMILES string of the molecule is Cc1c2cc(Cl)ccc2c[n+]2ccccc12.[O-][Cl+3]([O-])([O-])[O-]. The van der Waals surface area contributed by atoms with Gasteiger partial charge in [0.15, 0.2) is 12.4 Å². The van der Waals surface area contributed by atoms with E-state index in [0.29, 0.717) is 0 Å². The highest BCUT2D eigenvalue weighted by Gasteiger charge is 2.09. The molecule has 3 rings (SSSR count). The Morgan fingerprint density at radius 1 is 1.05 bits per heavy atom. The fraction of sp³-hybridized carbons (Fsp3) is 0.0714. The second-order valence-electron chi connectivity index (χ2n) is 4.36. The minimum atomic E-state index is -4.94. The molecule has 21 heavy (non-hydrogen) atoms. The number of pyridine rings is 2. The van der Waals surface area contributed by atoms with Crippen LogP contribution in [0.5, 0.6) is 0 Å². The molecule has 110 valence electrons. The Balaban J connectivity index is 0.000000282. The fourth-order valence-electron chi connectivity index (χ4n) is 2.14. The first-order valence-corrected chi connectivity index (χ1v) is 7.47. The van der Waals surface area contributed by atoms with E-state index in [2.05, 4.69) is 41.9 Å². The van der Waals surface area contributed by atoms with Crippen molar-refractivity contribution in [2.24, 2.45) is 0 Å². The average Bonchev–Trinajstić information content (AvgIpc) is 2.38. The summed E-state index contributed by atoms with van der Waals surface area (Å²) < 4.78 is 36.1. The molecule has 0 saturated heterocycles. The van der Waals surface area contributed by atoms with E-state index in [1.807, 2.05) is 18.2 Å². The molecule has 1 aromatic carbocycles. The third kappa shape index (κ3) is 4.25. The third-order valence-electron chi connectivity index (χ3n) is 2.97. The molecule has 2 heterocycles. The van der Waals surface area contributed by atoms with E-state index < -0.39 is 10.2 Å². The van der Waals surface area contributed by atoms with Crippen LogP contribution < -0.4 is 23.0 Å². The Bertz CT molecular complexity index is 781. The minimum Gasteiger partial charge on any atom is -0.222 e. The maximum absolute atomic E-state index is 8.49. The molecule has 0 fully saturated rings. The summed E-state index contributed by atoms with van der Waals surface area (Å²) in [6.07, 6.45) is 4.20. The van der Waals surface area contributed by atoms with Crippen LogP contribution in [0.15, 0.2) is 48.8 Å². The Morgan fingerprint density at radius 3 is 2.38 bits per heavy atom. The van der Waals surface area contributed by atoms with Crippen LogP contribution in [-0.2, 0) is 0 Å². The summed E-state index contributed by atoms with van der Waals surface area (Å²) in [4.78, 5) is 0. The molecule has 0 aliphatic rings. The molecule has 0 amide bonds. The van der Waals surface area contributed by atoms with Crippen molar-refractivity contribution in [3.05, 3.63) is 59.4 Å². The van der Waals surface area contributed by atoms with Crippen molar-refractivity contribution in [3.8, 4) is 0 Å². The number of hydrogen-bond acceptors (Lipinski definition) is 4. The van der Waals surface area contributed by atoms with Gasteiger partial charge in [-0.2, -0.15) is 4.40 Å². The van der Waals surface area contributed by atoms with Crippen molar-refractivity contribution in [2.75, 3.05) is 0 Å². The number of rotatable bonds is 0. The van der Waals surface area contributed by atoms with E-state index in [0.717, 1.165) is 5.02 Å². The van der Waals surface area contributed by atoms with E-state index in [4.69, 9.17) is 30.2 Å². The molecular formula is C14H11Cl2NO4. The molecule has 2 aromatic heterocycles. The van der Waals surface area contributed by atoms with Crippen molar-refractivity contribution in [2.45, 2.75) is 6.92 Å². The maximum atomic E-state index is 8.49. The summed E-state index contributed by atoms with van der Waals surface area (Å²) in [6, 6.07) is 12.2. The number of nitrogens with zero attached hydrogens (tertiary/aromatic N) is 1. The van der Waals surface area contributed by atoms with Gasteiger partial charge >= 0.3 is 0 Å². The summed E-state index contributed by atoms with van der Waals surface area (Å²) in [5, 5.41) is 3.22. The van der Waals surface area contributed by atoms with Gasteiger partial charge in [-0.1, -0.05) is 11.6 Å². The van der Waals surface area contributed by atoms with Gasteiger partial charge in [0.05, 0.1) is 0 Å². The lowest BCUT2D eigenvalue weighted by atomic mass is 10.1. The molecule has 0 aliphatic carbocycles. The fourth-order valence-corrected chi connectivity index (χ4v) is 2.31. The van der Waals surface area contributed by atoms with Gasteiger partial charge in [-0.05, 0) is 36.6 Å². The molecule has 0 spiro atoms. The highest BCUT2D eigenvalue weighted by molar-refractivity contribution is 6.31. The van der Waals surface area contributed by atoms with Gasteiger partial charge in [0.1, 0.15) is 0 Å². The first-order valence-electron chi connectivity index (χ1n) is 5.86. The molecular weight excluding hydrogens is 317 g/mol. The first kappa shape index (κ1) is 15.9. The maximum Gasteiger partial charge on any atom is 0.214 e. The van der Waals surface area contributed by atoms with E-state index >= 15 is 0 Å². The molecule has 7 heteroatoms. The van der Waals surface area contributed by atoms with Crippen molar-refractivity contribution in [1.29, 1.82) is 0 Å². The monoisotopic (exact) mass is 327 g/mol. The zero-order chi connectivity index (χ0) is 15.6. The van der Waals surface area contributed by atoms with Crippen LogP contribution in [0.25, 0.3) is 16.3 Å². The number of fused-ring (bicyclic) bond motifs is 2. The van der Waals surface area contributed by atoms with Crippen molar-refractivity contribution in [1.82, 2.24) is 0 Å². The lowest BCUT2D eigenvalue weighted by molar-refractivity contribution is -2.00. The van der Waals surface area contributed by atoms with Gasteiger partial charge in [0, 0.05) is 28.1 Å². The van der Waals surface area contributed by atoms with Crippen LogP contribution in [0.2, 0.25) is 5.02 Å². The third-order valence-corrected chi connectivity index (χ3v) is 3.21. The van der Waals surface area contributed by atoms with E-state index in [-0.39, 0.29) is 0 Å². The molecule has 0 atom stereocenters. The van der Waals surface area contributed by atoms with Crippen LogP contribution >= 0.6 is 11.6 Å². The van der Waals surface area contributed by atoms with Gasteiger partial charge in [-0.3, -0.25) is 0 Å².